The Morgan fingerprint density at radius 2 is 1.79 bits per heavy atom. The van der Waals surface area contributed by atoms with Gasteiger partial charge in [-0.2, -0.15) is 0 Å². The molecule has 0 bridgehead atoms. The zero-order valence-electron chi connectivity index (χ0n) is 13.9. The molecule has 3 rings (SSSR count). The molecule has 0 aliphatic carbocycles. The van der Waals surface area contributed by atoms with E-state index < -0.39 is 0 Å². The van der Waals surface area contributed by atoms with E-state index in [-0.39, 0.29) is 5.56 Å². The van der Waals surface area contributed by atoms with Crippen molar-refractivity contribution in [2.75, 3.05) is 6.61 Å². The number of hydrogen-bond donors (Lipinski definition) is 1. The maximum absolute atomic E-state index is 12.7. The zero-order valence-corrected chi connectivity index (χ0v) is 13.9. The summed E-state index contributed by atoms with van der Waals surface area (Å²) in [5.74, 6) is 0.805. The van der Waals surface area contributed by atoms with Crippen molar-refractivity contribution in [2.24, 2.45) is 5.73 Å². The van der Waals surface area contributed by atoms with Crippen LogP contribution in [0.3, 0.4) is 0 Å². The molecule has 0 aliphatic rings. The Labute approximate surface area is 141 Å². The number of aromatic nitrogens is 1. The molecule has 3 aromatic rings. The van der Waals surface area contributed by atoms with Gasteiger partial charge in [-0.1, -0.05) is 31.2 Å². The van der Waals surface area contributed by atoms with Crippen LogP contribution >= 0.6 is 0 Å². The molecule has 2 N–H and O–H groups in total. The standard InChI is InChI=1S/C20H22N2O2/c1-2-11-24-18-7-8-19-17(12-18)9-10-22(20(19)23)14-16-5-3-15(13-21)4-6-16/h3-10,12H,2,11,13-14,21H2,1H3. The minimum absolute atomic E-state index is 0.0115. The van der Waals surface area contributed by atoms with Crippen LogP contribution in [0, 0.1) is 0 Å². The first kappa shape index (κ1) is 16.3. The highest BCUT2D eigenvalue weighted by Gasteiger charge is 2.05. The highest BCUT2D eigenvalue weighted by Crippen LogP contribution is 2.19. The second-order valence-corrected chi connectivity index (χ2v) is 5.87. The molecule has 0 saturated carbocycles. The van der Waals surface area contributed by atoms with Gasteiger partial charge in [0.2, 0.25) is 0 Å². The summed E-state index contributed by atoms with van der Waals surface area (Å²) in [6.45, 7) is 3.83. The fourth-order valence-electron chi connectivity index (χ4n) is 2.68. The molecule has 0 amide bonds. The molecular weight excluding hydrogens is 300 g/mol. The molecule has 0 unspecified atom stereocenters. The van der Waals surface area contributed by atoms with Gasteiger partial charge in [0, 0.05) is 18.1 Å². The van der Waals surface area contributed by atoms with Gasteiger partial charge in [0.05, 0.1) is 13.2 Å². The molecule has 1 heterocycles. The van der Waals surface area contributed by atoms with Gasteiger partial charge in [-0.3, -0.25) is 4.79 Å². The van der Waals surface area contributed by atoms with Crippen LogP contribution in [0.25, 0.3) is 10.8 Å². The topological polar surface area (TPSA) is 57.2 Å². The number of ether oxygens (including phenoxy) is 1. The average Bonchev–Trinajstić information content (AvgIpc) is 2.63. The molecule has 1 aromatic heterocycles. The molecule has 0 aliphatic heterocycles. The van der Waals surface area contributed by atoms with Gasteiger partial charge in [0.1, 0.15) is 5.75 Å². The van der Waals surface area contributed by atoms with Crippen molar-refractivity contribution in [2.45, 2.75) is 26.4 Å². The first-order valence-corrected chi connectivity index (χ1v) is 8.25. The maximum Gasteiger partial charge on any atom is 0.258 e. The minimum atomic E-state index is 0.0115. The summed E-state index contributed by atoms with van der Waals surface area (Å²) in [6.07, 6.45) is 2.80. The van der Waals surface area contributed by atoms with Crippen molar-refractivity contribution in [3.8, 4) is 5.75 Å². The van der Waals surface area contributed by atoms with Gasteiger partial charge in [-0.15, -0.1) is 0 Å². The molecular formula is C20H22N2O2. The number of benzene rings is 2. The first-order chi connectivity index (χ1) is 11.7. The predicted octanol–water partition coefficient (Wildman–Crippen LogP) is 3.30. The molecule has 24 heavy (non-hydrogen) atoms. The van der Waals surface area contributed by atoms with E-state index in [1.165, 1.54) is 0 Å². The zero-order chi connectivity index (χ0) is 16.9. The Balaban J connectivity index is 1.89. The van der Waals surface area contributed by atoms with Crippen LogP contribution in [-0.2, 0) is 13.1 Å². The van der Waals surface area contributed by atoms with Gasteiger partial charge >= 0.3 is 0 Å². The second-order valence-electron chi connectivity index (χ2n) is 5.87. The summed E-state index contributed by atoms with van der Waals surface area (Å²) >= 11 is 0. The third-order valence-corrected chi connectivity index (χ3v) is 4.03. The van der Waals surface area contributed by atoms with Gasteiger partial charge < -0.3 is 15.0 Å². The van der Waals surface area contributed by atoms with Crippen LogP contribution in [0.1, 0.15) is 24.5 Å². The molecule has 0 radical (unpaired) electrons. The molecule has 0 fully saturated rings. The van der Waals surface area contributed by atoms with Crippen molar-refractivity contribution in [3.63, 3.8) is 0 Å². The molecule has 4 heteroatoms. The third-order valence-electron chi connectivity index (χ3n) is 4.03. The van der Waals surface area contributed by atoms with Crippen molar-refractivity contribution in [1.29, 1.82) is 0 Å². The summed E-state index contributed by atoms with van der Waals surface area (Å²) in [5.41, 5.74) is 7.79. The second kappa shape index (κ2) is 7.32. The largest absolute Gasteiger partial charge is 0.494 e. The van der Waals surface area contributed by atoms with Crippen molar-refractivity contribution in [3.05, 3.63) is 76.2 Å². The SMILES string of the molecule is CCCOc1ccc2c(=O)n(Cc3ccc(CN)cc3)ccc2c1. The molecule has 0 atom stereocenters. The smallest absolute Gasteiger partial charge is 0.258 e. The maximum atomic E-state index is 12.7. The van der Waals surface area contributed by atoms with Crippen LogP contribution in [0.4, 0.5) is 0 Å². The van der Waals surface area contributed by atoms with E-state index in [4.69, 9.17) is 10.5 Å². The first-order valence-electron chi connectivity index (χ1n) is 8.25. The lowest BCUT2D eigenvalue weighted by atomic mass is 10.1. The van der Waals surface area contributed by atoms with E-state index in [0.717, 1.165) is 28.7 Å². The highest BCUT2D eigenvalue weighted by molar-refractivity contribution is 5.82. The summed E-state index contributed by atoms with van der Waals surface area (Å²) < 4.78 is 7.36. The number of pyridine rings is 1. The number of hydrogen-bond acceptors (Lipinski definition) is 3. The summed E-state index contributed by atoms with van der Waals surface area (Å²) in [5, 5.41) is 1.61. The minimum Gasteiger partial charge on any atom is -0.494 e. The van der Waals surface area contributed by atoms with E-state index in [2.05, 4.69) is 6.92 Å². The van der Waals surface area contributed by atoms with E-state index >= 15 is 0 Å². The monoisotopic (exact) mass is 322 g/mol. The van der Waals surface area contributed by atoms with Crippen molar-refractivity contribution in [1.82, 2.24) is 4.57 Å². The Hall–Kier alpha value is -2.59. The Morgan fingerprint density at radius 3 is 2.50 bits per heavy atom. The normalized spacial score (nSPS) is 10.9. The van der Waals surface area contributed by atoms with E-state index in [1.54, 1.807) is 4.57 Å². The van der Waals surface area contributed by atoms with Crippen LogP contribution in [0.5, 0.6) is 5.75 Å². The molecule has 4 nitrogen and oxygen atoms in total. The number of nitrogens with two attached hydrogens (primary N) is 1. The van der Waals surface area contributed by atoms with Gasteiger partial charge in [0.25, 0.3) is 5.56 Å². The fourth-order valence-corrected chi connectivity index (χ4v) is 2.68. The summed E-state index contributed by atoms with van der Waals surface area (Å²) in [4.78, 5) is 12.7. The lowest BCUT2D eigenvalue weighted by Crippen LogP contribution is -2.20. The predicted molar refractivity (Wildman–Crippen MR) is 97.4 cm³/mol. The number of fused-ring (bicyclic) bond motifs is 1. The molecule has 0 spiro atoms. The number of nitrogens with zero attached hydrogens (tertiary/aromatic N) is 1. The molecule has 2 aromatic carbocycles. The van der Waals surface area contributed by atoms with Gasteiger partial charge in [-0.05, 0) is 47.2 Å². The van der Waals surface area contributed by atoms with Crippen LogP contribution in [0.15, 0.2) is 59.5 Å². The van der Waals surface area contributed by atoms with E-state index in [0.29, 0.717) is 25.1 Å². The lowest BCUT2D eigenvalue weighted by molar-refractivity contribution is 0.318. The lowest BCUT2D eigenvalue weighted by Gasteiger charge is -2.10. The average molecular weight is 322 g/mol. The fraction of sp³-hybridized carbons (Fsp3) is 0.250. The third kappa shape index (κ3) is 3.49. The van der Waals surface area contributed by atoms with Gasteiger partial charge in [0.15, 0.2) is 0 Å². The number of rotatable bonds is 6. The van der Waals surface area contributed by atoms with Crippen molar-refractivity contribution >= 4 is 10.8 Å². The Kier molecular flexibility index (Phi) is 4.96. The summed E-state index contributed by atoms with van der Waals surface area (Å²) in [6, 6.07) is 15.6. The Morgan fingerprint density at radius 1 is 1.04 bits per heavy atom. The van der Waals surface area contributed by atoms with Crippen LogP contribution < -0.4 is 16.0 Å². The molecule has 0 saturated heterocycles. The Bertz CT molecular complexity index is 882. The van der Waals surface area contributed by atoms with Crippen LogP contribution in [0.2, 0.25) is 0 Å². The van der Waals surface area contributed by atoms with Crippen molar-refractivity contribution < 1.29 is 4.74 Å². The van der Waals surface area contributed by atoms with E-state index in [1.807, 2.05) is 54.7 Å². The highest BCUT2D eigenvalue weighted by atomic mass is 16.5. The quantitative estimate of drug-likeness (QED) is 0.757. The summed E-state index contributed by atoms with van der Waals surface area (Å²) in [7, 11) is 0. The van der Waals surface area contributed by atoms with E-state index in [9.17, 15) is 4.79 Å². The molecule has 124 valence electrons. The van der Waals surface area contributed by atoms with Gasteiger partial charge in [-0.25, -0.2) is 0 Å². The van der Waals surface area contributed by atoms with Crippen LogP contribution in [-0.4, -0.2) is 11.2 Å².